The maximum atomic E-state index is 13.5. The second-order valence-electron chi connectivity index (χ2n) is 8.59. The normalized spacial score (nSPS) is 12.9. The monoisotopic (exact) mass is 545 g/mol. The minimum Gasteiger partial charge on any atom is -0.479 e. The molecule has 1 N–H and O–H groups in total. The van der Waals surface area contributed by atoms with E-state index in [1.54, 1.807) is 26.0 Å². The lowest BCUT2D eigenvalue weighted by atomic mass is 10.0. The number of hydrogen-bond donors (Lipinski definition) is 1. The van der Waals surface area contributed by atoms with Crippen molar-refractivity contribution in [3.63, 3.8) is 0 Å². The molecule has 0 saturated carbocycles. The molecule has 11 heteroatoms. The molecule has 0 bridgehead atoms. The number of halogens is 3. The van der Waals surface area contributed by atoms with Crippen LogP contribution < -0.4 is 4.74 Å². The van der Waals surface area contributed by atoms with E-state index in [9.17, 15) is 36.3 Å². The van der Waals surface area contributed by atoms with Crippen LogP contribution in [-0.2, 0) is 21.0 Å². The SMILES string of the molecule is CCC(Oc1ccc(S(=O)(=O)n2cc(C=O)c3cc(-c4ccc(C(F)(F)F)cc4)ccc32)cc1C)C(=O)O. The van der Waals surface area contributed by atoms with E-state index in [-0.39, 0.29) is 28.1 Å². The Bertz CT molecular complexity index is 1640. The highest BCUT2D eigenvalue weighted by molar-refractivity contribution is 7.90. The Balaban J connectivity index is 1.74. The summed E-state index contributed by atoms with van der Waals surface area (Å²) in [7, 11) is -4.18. The number of carboxylic acids is 1. The van der Waals surface area contributed by atoms with E-state index < -0.39 is 33.8 Å². The van der Waals surface area contributed by atoms with Crippen LogP contribution in [0.15, 0.2) is 71.8 Å². The van der Waals surface area contributed by atoms with Gasteiger partial charge < -0.3 is 9.84 Å². The van der Waals surface area contributed by atoms with E-state index in [0.29, 0.717) is 28.4 Å². The maximum absolute atomic E-state index is 13.5. The summed E-state index contributed by atoms with van der Waals surface area (Å²) < 4.78 is 72.2. The summed E-state index contributed by atoms with van der Waals surface area (Å²) >= 11 is 0. The summed E-state index contributed by atoms with van der Waals surface area (Å²) in [6.45, 7) is 3.24. The summed E-state index contributed by atoms with van der Waals surface area (Å²) in [4.78, 5) is 23.0. The van der Waals surface area contributed by atoms with E-state index in [2.05, 4.69) is 0 Å². The number of carbonyl (C=O) groups is 2. The van der Waals surface area contributed by atoms with Crippen LogP contribution >= 0.6 is 0 Å². The van der Waals surface area contributed by atoms with Gasteiger partial charge in [-0.1, -0.05) is 25.1 Å². The molecule has 1 atom stereocenters. The highest BCUT2D eigenvalue weighted by atomic mass is 32.2. The Morgan fingerprint density at radius 3 is 2.26 bits per heavy atom. The molecule has 0 aliphatic rings. The van der Waals surface area contributed by atoms with Crippen LogP contribution in [0.2, 0.25) is 0 Å². The predicted octanol–water partition coefficient (Wildman–Crippen LogP) is 5.93. The Hall–Kier alpha value is -4.12. The molecule has 0 radical (unpaired) electrons. The first-order valence-corrected chi connectivity index (χ1v) is 12.8. The molecule has 0 aliphatic heterocycles. The molecule has 0 fully saturated rings. The molecular formula is C27H22F3NO6S. The number of aliphatic carboxylic acids is 1. The fourth-order valence-corrected chi connectivity index (χ4v) is 5.50. The second kappa shape index (κ2) is 9.97. The summed E-state index contributed by atoms with van der Waals surface area (Å²) in [5, 5.41) is 9.53. The van der Waals surface area contributed by atoms with Crippen molar-refractivity contribution in [2.24, 2.45) is 0 Å². The number of alkyl halides is 3. The highest BCUT2D eigenvalue weighted by Crippen LogP contribution is 2.34. The van der Waals surface area contributed by atoms with Crippen molar-refractivity contribution in [3.05, 3.63) is 83.6 Å². The van der Waals surface area contributed by atoms with Crippen molar-refractivity contribution >= 4 is 33.2 Å². The lowest BCUT2D eigenvalue weighted by Crippen LogP contribution is -2.26. The molecule has 0 spiro atoms. The molecule has 198 valence electrons. The van der Waals surface area contributed by atoms with Gasteiger partial charge in [0.2, 0.25) is 0 Å². The number of carboxylic acid groups (broad SMARTS) is 1. The Morgan fingerprint density at radius 1 is 1.05 bits per heavy atom. The predicted molar refractivity (Wildman–Crippen MR) is 134 cm³/mol. The van der Waals surface area contributed by atoms with Gasteiger partial charge in [-0.25, -0.2) is 17.2 Å². The standard InChI is InChI=1S/C27H22F3NO6S/c1-3-24(26(33)34)37-25-11-9-21(12-16(25)2)38(35,36)31-14-19(15-32)22-13-18(6-10-23(22)31)17-4-7-20(8-5-17)27(28,29)30/h4-15,24H,3H2,1-2H3,(H,33,34). The minimum absolute atomic E-state index is 0.0845. The first-order valence-electron chi connectivity index (χ1n) is 11.4. The molecule has 4 aromatic rings. The van der Waals surface area contributed by atoms with Crippen molar-refractivity contribution in [2.45, 2.75) is 37.4 Å². The third-order valence-electron chi connectivity index (χ3n) is 6.09. The molecule has 38 heavy (non-hydrogen) atoms. The van der Waals surface area contributed by atoms with Crippen LogP contribution in [0.1, 0.15) is 34.8 Å². The van der Waals surface area contributed by atoms with Crippen LogP contribution in [0.5, 0.6) is 5.75 Å². The summed E-state index contributed by atoms with van der Waals surface area (Å²) in [6.07, 6.45) is -3.66. The smallest absolute Gasteiger partial charge is 0.416 e. The fraction of sp³-hybridized carbons (Fsp3) is 0.185. The van der Waals surface area contributed by atoms with Crippen molar-refractivity contribution in [2.75, 3.05) is 0 Å². The number of carbonyl (C=O) groups excluding carboxylic acids is 1. The van der Waals surface area contributed by atoms with E-state index >= 15 is 0 Å². The number of ether oxygens (including phenoxy) is 1. The average molecular weight is 546 g/mol. The van der Waals surface area contributed by atoms with E-state index in [4.69, 9.17) is 4.74 Å². The third kappa shape index (κ3) is 5.01. The number of hydrogen-bond acceptors (Lipinski definition) is 5. The van der Waals surface area contributed by atoms with Crippen LogP contribution in [0.25, 0.3) is 22.0 Å². The number of aryl methyl sites for hydroxylation is 1. The van der Waals surface area contributed by atoms with E-state index in [1.807, 2.05) is 0 Å². The number of fused-ring (bicyclic) bond motifs is 1. The Kier molecular flexibility index (Phi) is 7.07. The van der Waals surface area contributed by atoms with Gasteiger partial charge in [-0.2, -0.15) is 13.2 Å². The lowest BCUT2D eigenvalue weighted by molar-refractivity contribution is -0.145. The van der Waals surface area contributed by atoms with Crippen molar-refractivity contribution in [3.8, 4) is 16.9 Å². The molecule has 0 aliphatic carbocycles. The summed E-state index contributed by atoms with van der Waals surface area (Å²) in [5.41, 5.74) is 0.866. The van der Waals surface area contributed by atoms with Gasteiger partial charge in [0.15, 0.2) is 12.4 Å². The number of nitrogens with zero attached hydrogens (tertiary/aromatic N) is 1. The first-order chi connectivity index (χ1) is 17.9. The van der Waals surface area contributed by atoms with Gasteiger partial charge in [0.1, 0.15) is 5.75 Å². The first kappa shape index (κ1) is 26.9. The topological polar surface area (TPSA) is 103 Å². The average Bonchev–Trinajstić information content (AvgIpc) is 3.26. The number of benzene rings is 3. The zero-order chi connectivity index (χ0) is 27.8. The minimum atomic E-state index is -4.48. The largest absolute Gasteiger partial charge is 0.479 e. The maximum Gasteiger partial charge on any atom is 0.416 e. The molecule has 1 heterocycles. The number of aromatic nitrogens is 1. The van der Waals surface area contributed by atoms with E-state index in [0.717, 1.165) is 16.1 Å². The lowest BCUT2D eigenvalue weighted by Gasteiger charge is -2.16. The highest BCUT2D eigenvalue weighted by Gasteiger charge is 2.30. The van der Waals surface area contributed by atoms with E-state index in [1.165, 1.54) is 42.6 Å². The number of rotatable bonds is 8. The Labute approximate surface area is 216 Å². The summed E-state index contributed by atoms with van der Waals surface area (Å²) in [6, 6.07) is 13.1. The van der Waals surface area contributed by atoms with Gasteiger partial charge in [0, 0.05) is 17.1 Å². The van der Waals surface area contributed by atoms with Gasteiger partial charge in [-0.3, -0.25) is 4.79 Å². The molecule has 0 saturated heterocycles. The second-order valence-corrected chi connectivity index (χ2v) is 10.4. The molecule has 4 rings (SSSR count). The number of aldehydes is 1. The summed E-state index contributed by atoms with van der Waals surface area (Å²) in [5.74, 6) is -0.912. The molecule has 3 aromatic carbocycles. The van der Waals surface area contributed by atoms with Gasteiger partial charge in [-0.05, 0) is 72.5 Å². The third-order valence-corrected chi connectivity index (χ3v) is 7.76. The Morgan fingerprint density at radius 2 is 1.71 bits per heavy atom. The zero-order valence-electron chi connectivity index (χ0n) is 20.2. The fourth-order valence-electron chi connectivity index (χ4n) is 4.04. The molecule has 7 nitrogen and oxygen atoms in total. The molecule has 0 amide bonds. The van der Waals surface area contributed by atoms with Crippen LogP contribution in [0.3, 0.4) is 0 Å². The van der Waals surface area contributed by atoms with Gasteiger partial charge >= 0.3 is 12.1 Å². The van der Waals surface area contributed by atoms with Gasteiger partial charge in [-0.15, -0.1) is 0 Å². The van der Waals surface area contributed by atoms with Gasteiger partial charge in [0.05, 0.1) is 16.0 Å². The zero-order valence-corrected chi connectivity index (χ0v) is 21.0. The van der Waals surface area contributed by atoms with Crippen molar-refractivity contribution in [1.29, 1.82) is 0 Å². The van der Waals surface area contributed by atoms with Gasteiger partial charge in [0.25, 0.3) is 10.0 Å². The van der Waals surface area contributed by atoms with Crippen LogP contribution in [0.4, 0.5) is 13.2 Å². The van der Waals surface area contributed by atoms with Crippen molar-refractivity contribution < 1.29 is 41.0 Å². The molecule has 1 unspecified atom stereocenters. The molecular weight excluding hydrogens is 523 g/mol. The van der Waals surface area contributed by atoms with Crippen LogP contribution in [0, 0.1) is 6.92 Å². The van der Waals surface area contributed by atoms with Crippen molar-refractivity contribution in [1.82, 2.24) is 3.97 Å². The van der Waals surface area contributed by atoms with Crippen LogP contribution in [-0.4, -0.2) is 35.9 Å². The molecule has 1 aromatic heterocycles. The quantitative estimate of drug-likeness (QED) is 0.276.